The number of hydrogen-bond donors (Lipinski definition) is 1. The van der Waals surface area contributed by atoms with Crippen LogP contribution in [-0.4, -0.2) is 10.9 Å². The Bertz CT molecular complexity index is 1020. The van der Waals surface area contributed by atoms with Gasteiger partial charge in [0.15, 0.2) is 0 Å². The highest BCUT2D eigenvalue weighted by molar-refractivity contribution is 7.20. The molecule has 0 bridgehead atoms. The normalized spacial score (nSPS) is 10.9. The summed E-state index contributed by atoms with van der Waals surface area (Å²) < 4.78 is 19.2. The molecular weight excluding hydrogens is 339 g/mol. The second-order valence-electron chi connectivity index (χ2n) is 5.54. The molecule has 25 heavy (non-hydrogen) atoms. The number of halogens is 1. The van der Waals surface area contributed by atoms with Crippen molar-refractivity contribution in [2.75, 3.05) is 0 Å². The van der Waals surface area contributed by atoms with E-state index in [9.17, 15) is 9.18 Å². The van der Waals surface area contributed by atoms with Gasteiger partial charge in [0.1, 0.15) is 5.82 Å². The highest BCUT2D eigenvalue weighted by Crippen LogP contribution is 2.26. The van der Waals surface area contributed by atoms with Crippen molar-refractivity contribution in [3.63, 3.8) is 0 Å². The zero-order valence-corrected chi connectivity index (χ0v) is 13.8. The molecule has 0 aliphatic rings. The van der Waals surface area contributed by atoms with E-state index in [0.717, 1.165) is 26.9 Å². The highest BCUT2D eigenvalue weighted by Gasteiger charge is 2.11. The van der Waals surface area contributed by atoms with E-state index in [0.29, 0.717) is 11.4 Å². The lowest BCUT2D eigenvalue weighted by Gasteiger charge is -2.04. The molecule has 124 valence electrons. The van der Waals surface area contributed by atoms with Crippen LogP contribution in [0.2, 0.25) is 0 Å². The van der Waals surface area contributed by atoms with E-state index in [1.807, 2.05) is 18.2 Å². The molecular formula is C19H13FN2O2S. The summed E-state index contributed by atoms with van der Waals surface area (Å²) in [5.41, 5.74) is 2.62. The van der Waals surface area contributed by atoms with Gasteiger partial charge < -0.3 is 9.73 Å². The van der Waals surface area contributed by atoms with Gasteiger partial charge in [-0.3, -0.25) is 9.78 Å². The van der Waals surface area contributed by atoms with Crippen molar-refractivity contribution in [3.8, 4) is 11.3 Å². The van der Waals surface area contributed by atoms with E-state index in [2.05, 4.69) is 10.3 Å². The van der Waals surface area contributed by atoms with Crippen molar-refractivity contribution >= 4 is 27.3 Å². The van der Waals surface area contributed by atoms with Gasteiger partial charge in [-0.2, -0.15) is 0 Å². The molecule has 4 nitrogen and oxygen atoms in total. The van der Waals surface area contributed by atoms with E-state index >= 15 is 0 Å². The number of nitrogens with one attached hydrogen (secondary N) is 1. The first-order valence-electron chi connectivity index (χ1n) is 7.64. The van der Waals surface area contributed by atoms with Gasteiger partial charge in [0.2, 0.25) is 0 Å². The molecule has 0 radical (unpaired) electrons. The van der Waals surface area contributed by atoms with E-state index in [-0.39, 0.29) is 11.7 Å². The number of amides is 1. The fraction of sp³-hybridized carbons (Fsp3) is 0.0526. The van der Waals surface area contributed by atoms with Crippen molar-refractivity contribution in [1.82, 2.24) is 10.3 Å². The standard InChI is InChI=1S/C19H13FN2O2S/c20-15-2-4-17-14(7-15)8-18(25-17)19(23)22-10-12-1-3-16(21-9-12)13-5-6-24-11-13/h1-9,11H,10H2,(H,22,23). The zero-order chi connectivity index (χ0) is 17.2. The average molecular weight is 352 g/mol. The molecule has 3 aromatic heterocycles. The third-order valence-corrected chi connectivity index (χ3v) is 4.91. The van der Waals surface area contributed by atoms with Crippen molar-refractivity contribution in [3.05, 3.63) is 77.4 Å². The van der Waals surface area contributed by atoms with Crippen LogP contribution in [-0.2, 0) is 6.54 Å². The number of nitrogens with zero attached hydrogens (tertiary/aromatic N) is 1. The Balaban J connectivity index is 1.44. The fourth-order valence-electron chi connectivity index (χ4n) is 2.51. The molecule has 0 atom stereocenters. The van der Waals surface area contributed by atoms with Crippen LogP contribution in [0.4, 0.5) is 4.39 Å². The zero-order valence-electron chi connectivity index (χ0n) is 13.0. The summed E-state index contributed by atoms with van der Waals surface area (Å²) in [5, 5.41) is 3.60. The lowest BCUT2D eigenvalue weighted by molar-refractivity contribution is 0.0955. The lowest BCUT2D eigenvalue weighted by atomic mass is 10.2. The molecule has 0 saturated carbocycles. The SMILES string of the molecule is O=C(NCc1ccc(-c2ccoc2)nc1)c1cc2cc(F)ccc2s1. The fourth-order valence-corrected chi connectivity index (χ4v) is 3.47. The minimum Gasteiger partial charge on any atom is -0.472 e. The summed E-state index contributed by atoms with van der Waals surface area (Å²) in [7, 11) is 0. The summed E-state index contributed by atoms with van der Waals surface area (Å²) >= 11 is 1.35. The maximum absolute atomic E-state index is 13.2. The van der Waals surface area contributed by atoms with Gasteiger partial charge in [0, 0.05) is 23.0 Å². The number of hydrogen-bond acceptors (Lipinski definition) is 4. The number of carbonyl (C=O) groups is 1. The van der Waals surface area contributed by atoms with Crippen LogP contribution < -0.4 is 5.32 Å². The quantitative estimate of drug-likeness (QED) is 0.583. The Hall–Kier alpha value is -2.99. The number of benzene rings is 1. The summed E-state index contributed by atoms with van der Waals surface area (Å²) in [5.74, 6) is -0.485. The van der Waals surface area contributed by atoms with Gasteiger partial charge in [-0.05, 0) is 47.3 Å². The molecule has 0 aliphatic heterocycles. The van der Waals surface area contributed by atoms with Gasteiger partial charge in [-0.1, -0.05) is 6.07 Å². The summed E-state index contributed by atoms with van der Waals surface area (Å²) in [6, 6.07) is 11.9. The minimum atomic E-state index is -0.305. The first kappa shape index (κ1) is 15.5. The number of fused-ring (bicyclic) bond motifs is 1. The molecule has 0 unspecified atom stereocenters. The second-order valence-corrected chi connectivity index (χ2v) is 6.62. The number of thiophene rings is 1. The Morgan fingerprint density at radius 3 is 2.88 bits per heavy atom. The van der Waals surface area contributed by atoms with Crippen molar-refractivity contribution in [2.24, 2.45) is 0 Å². The van der Waals surface area contributed by atoms with Crippen LogP contribution in [0.1, 0.15) is 15.2 Å². The van der Waals surface area contributed by atoms with Gasteiger partial charge in [-0.15, -0.1) is 11.3 Å². The molecule has 1 aromatic carbocycles. The molecule has 0 saturated heterocycles. The van der Waals surface area contributed by atoms with Crippen LogP contribution in [0.25, 0.3) is 21.3 Å². The molecule has 0 spiro atoms. The van der Waals surface area contributed by atoms with Crippen LogP contribution >= 0.6 is 11.3 Å². The molecule has 3 heterocycles. The number of pyridine rings is 1. The van der Waals surface area contributed by atoms with Gasteiger partial charge in [0.05, 0.1) is 23.1 Å². The minimum absolute atomic E-state index is 0.180. The maximum Gasteiger partial charge on any atom is 0.261 e. The molecule has 4 aromatic rings. The summed E-state index contributed by atoms with van der Waals surface area (Å²) in [6.07, 6.45) is 4.96. The van der Waals surface area contributed by atoms with E-state index in [1.165, 1.54) is 23.5 Å². The molecule has 1 N–H and O–H groups in total. The largest absolute Gasteiger partial charge is 0.472 e. The first-order valence-corrected chi connectivity index (χ1v) is 8.45. The third-order valence-electron chi connectivity index (χ3n) is 3.80. The number of carbonyl (C=O) groups excluding carboxylic acids is 1. The monoisotopic (exact) mass is 352 g/mol. The highest BCUT2D eigenvalue weighted by atomic mass is 32.1. The van der Waals surface area contributed by atoms with E-state index in [1.54, 1.807) is 30.9 Å². The second kappa shape index (κ2) is 6.49. The van der Waals surface area contributed by atoms with Crippen molar-refractivity contribution in [2.45, 2.75) is 6.54 Å². The van der Waals surface area contributed by atoms with Crippen LogP contribution in [0.15, 0.2) is 65.6 Å². The maximum atomic E-state index is 13.2. The molecule has 0 aliphatic carbocycles. The summed E-state index contributed by atoms with van der Waals surface area (Å²) in [6.45, 7) is 0.375. The lowest BCUT2D eigenvalue weighted by Crippen LogP contribution is -2.21. The predicted molar refractivity (Wildman–Crippen MR) is 94.9 cm³/mol. The van der Waals surface area contributed by atoms with Gasteiger partial charge in [-0.25, -0.2) is 4.39 Å². The molecule has 4 rings (SSSR count). The Kier molecular flexibility index (Phi) is 4.03. The van der Waals surface area contributed by atoms with Crippen LogP contribution in [0, 0.1) is 5.82 Å². The number of aromatic nitrogens is 1. The van der Waals surface area contributed by atoms with Gasteiger partial charge in [0.25, 0.3) is 5.91 Å². The predicted octanol–water partition coefficient (Wildman–Crippen LogP) is 4.63. The molecule has 6 heteroatoms. The Morgan fingerprint density at radius 1 is 1.20 bits per heavy atom. The van der Waals surface area contributed by atoms with E-state index in [4.69, 9.17) is 4.42 Å². The average Bonchev–Trinajstić information content (AvgIpc) is 3.29. The van der Waals surface area contributed by atoms with Gasteiger partial charge >= 0.3 is 0 Å². The number of furan rings is 1. The topological polar surface area (TPSA) is 55.1 Å². The number of rotatable bonds is 4. The summed E-state index contributed by atoms with van der Waals surface area (Å²) in [4.78, 5) is 17.2. The first-order chi connectivity index (χ1) is 12.2. The third kappa shape index (κ3) is 3.29. The van der Waals surface area contributed by atoms with Crippen LogP contribution in [0.5, 0.6) is 0 Å². The van der Waals surface area contributed by atoms with Crippen LogP contribution in [0.3, 0.4) is 0 Å². The molecule has 0 fully saturated rings. The smallest absolute Gasteiger partial charge is 0.261 e. The van der Waals surface area contributed by atoms with E-state index < -0.39 is 0 Å². The Morgan fingerprint density at radius 2 is 2.12 bits per heavy atom. The van der Waals surface area contributed by atoms with Crippen molar-refractivity contribution < 1.29 is 13.6 Å². The molecule has 1 amide bonds. The Labute approximate surface area is 146 Å². The van der Waals surface area contributed by atoms with Crippen molar-refractivity contribution in [1.29, 1.82) is 0 Å².